The highest BCUT2D eigenvalue weighted by molar-refractivity contribution is 6.09. The summed E-state index contributed by atoms with van der Waals surface area (Å²) >= 11 is 0. The third-order valence-electron chi connectivity index (χ3n) is 10.3. The average Bonchev–Trinajstić information content (AvgIpc) is 3.60. The Kier molecular flexibility index (Phi) is 9.32. The van der Waals surface area contributed by atoms with Crippen LogP contribution >= 0.6 is 0 Å². The molecule has 0 fully saturated rings. The molecule has 0 bridgehead atoms. The molecule has 0 spiro atoms. The second-order valence-electron chi connectivity index (χ2n) is 15.3. The summed E-state index contributed by atoms with van der Waals surface area (Å²) in [5, 5.41) is 7.42. The molecule has 0 radical (unpaired) electrons. The Morgan fingerprint density at radius 3 is 2.33 bits per heavy atom. The zero-order valence-electron chi connectivity index (χ0n) is 31.4. The van der Waals surface area contributed by atoms with Crippen molar-refractivity contribution < 1.29 is 4.74 Å². The molecule has 0 saturated carbocycles. The minimum absolute atomic E-state index is 0.00200. The molecule has 51 heavy (non-hydrogen) atoms. The largest absolute Gasteiger partial charge is 0.457 e. The molecule has 0 aliphatic rings. The maximum absolute atomic E-state index is 6.70. The van der Waals surface area contributed by atoms with Gasteiger partial charge in [0.1, 0.15) is 17.3 Å². The molecule has 0 aliphatic heterocycles. The summed E-state index contributed by atoms with van der Waals surface area (Å²) in [6, 6.07) is 34.7. The van der Waals surface area contributed by atoms with Crippen LogP contribution in [0.3, 0.4) is 0 Å². The third kappa shape index (κ3) is 6.82. The van der Waals surface area contributed by atoms with Crippen LogP contribution < -0.4 is 4.74 Å². The van der Waals surface area contributed by atoms with E-state index in [-0.39, 0.29) is 5.41 Å². The Morgan fingerprint density at radius 2 is 1.57 bits per heavy atom. The minimum atomic E-state index is 0.00200. The Morgan fingerprint density at radius 1 is 0.765 bits per heavy atom. The van der Waals surface area contributed by atoms with Gasteiger partial charge in [0.15, 0.2) is 0 Å². The lowest BCUT2D eigenvalue weighted by atomic mass is 9.88. The first-order chi connectivity index (χ1) is 24.5. The molecule has 0 amide bonds. The Bertz CT molecular complexity index is 2340. The average molecular weight is 675 g/mol. The number of benzene rings is 4. The summed E-state index contributed by atoms with van der Waals surface area (Å²) in [5.74, 6) is 2.98. The fraction of sp³-hybridized carbons (Fsp3) is 0.304. The van der Waals surface area contributed by atoms with Gasteiger partial charge in [0.25, 0.3) is 0 Å². The van der Waals surface area contributed by atoms with E-state index in [0.29, 0.717) is 5.92 Å². The van der Waals surface area contributed by atoms with E-state index in [2.05, 4.69) is 151 Å². The maximum Gasteiger partial charge on any atom is 0.137 e. The van der Waals surface area contributed by atoms with E-state index in [4.69, 9.17) is 14.8 Å². The molecule has 0 saturated heterocycles. The molecule has 4 aromatic carbocycles. The molecule has 5 heteroatoms. The zero-order valence-corrected chi connectivity index (χ0v) is 31.4. The quantitative estimate of drug-likeness (QED) is 0.136. The topological polar surface area (TPSA) is 44.9 Å². The van der Waals surface area contributed by atoms with Gasteiger partial charge < -0.3 is 4.74 Å². The molecule has 5 nitrogen and oxygen atoms in total. The van der Waals surface area contributed by atoms with Gasteiger partial charge in [-0.15, -0.1) is 0 Å². The van der Waals surface area contributed by atoms with Crippen LogP contribution in [0.1, 0.15) is 94.3 Å². The molecule has 7 aromatic rings. The first-order valence-corrected chi connectivity index (χ1v) is 18.5. The van der Waals surface area contributed by atoms with E-state index < -0.39 is 0 Å². The molecule has 0 N–H and O–H groups in total. The predicted octanol–water partition coefficient (Wildman–Crippen LogP) is 12.7. The monoisotopic (exact) mass is 674 g/mol. The molecule has 1 atom stereocenters. The van der Waals surface area contributed by atoms with E-state index >= 15 is 0 Å². The van der Waals surface area contributed by atoms with E-state index in [1.54, 1.807) is 0 Å². The van der Waals surface area contributed by atoms with E-state index in [1.807, 2.05) is 16.9 Å². The van der Waals surface area contributed by atoms with Crippen molar-refractivity contribution in [2.75, 3.05) is 0 Å². The van der Waals surface area contributed by atoms with Gasteiger partial charge in [-0.2, -0.15) is 5.10 Å². The number of hydrogen-bond donors (Lipinski definition) is 0. The van der Waals surface area contributed by atoms with Crippen molar-refractivity contribution in [3.8, 4) is 34.1 Å². The Balaban J connectivity index is 1.31. The van der Waals surface area contributed by atoms with E-state index in [1.165, 1.54) is 58.7 Å². The summed E-state index contributed by atoms with van der Waals surface area (Å²) in [7, 11) is 0. The second-order valence-corrected chi connectivity index (χ2v) is 15.3. The number of unbranched alkanes of at least 4 members (excludes halogenated alkanes) is 2. The number of aromatic nitrogens is 4. The summed E-state index contributed by atoms with van der Waals surface area (Å²) in [6.45, 7) is 17.7. The summed E-state index contributed by atoms with van der Waals surface area (Å²) in [4.78, 5) is 4.93. The molecule has 3 heterocycles. The lowest BCUT2D eigenvalue weighted by Gasteiger charge is -2.20. The van der Waals surface area contributed by atoms with Crippen molar-refractivity contribution in [2.24, 2.45) is 0 Å². The number of nitrogens with zero attached hydrogens (tertiary/aromatic N) is 4. The molecule has 3 aromatic heterocycles. The van der Waals surface area contributed by atoms with Crippen LogP contribution in [0.4, 0.5) is 0 Å². The standard InChI is InChI=1S/C46H50N4O/c1-9-10-12-15-31(3)35-18-21-42-41(26-35)40-20-19-38(29-43(40)49(42)44-27-36(22-23-47-44)46(6,7)8)51-39-25-30(2)24-37(28-39)50-33(5)45(32(4)48-50)34-16-13-11-14-17-34/h11,13-14,16-29,31H,9-10,12,15H2,1-8H3. The number of ether oxygens (including phenoxy) is 1. The predicted molar refractivity (Wildman–Crippen MR) is 213 cm³/mol. The number of hydrogen-bond acceptors (Lipinski definition) is 3. The van der Waals surface area contributed by atoms with Crippen molar-refractivity contribution in [3.63, 3.8) is 0 Å². The second kappa shape index (κ2) is 13.9. The molecular formula is C46H50N4O. The molecular weight excluding hydrogens is 625 g/mol. The summed E-state index contributed by atoms with van der Waals surface area (Å²) in [5.41, 5.74) is 11.4. The molecule has 260 valence electrons. The Labute approximate surface area is 302 Å². The van der Waals surface area contributed by atoms with Crippen LogP contribution in [0.5, 0.6) is 11.5 Å². The van der Waals surface area contributed by atoms with E-state index in [9.17, 15) is 0 Å². The van der Waals surface area contributed by atoms with E-state index in [0.717, 1.165) is 51.0 Å². The Hall–Kier alpha value is -5.16. The van der Waals surface area contributed by atoms with Crippen LogP contribution in [-0.2, 0) is 5.41 Å². The molecule has 1 unspecified atom stereocenters. The summed E-state index contributed by atoms with van der Waals surface area (Å²) in [6.07, 6.45) is 6.92. The highest BCUT2D eigenvalue weighted by Gasteiger charge is 2.20. The lowest BCUT2D eigenvalue weighted by molar-refractivity contribution is 0.482. The highest BCUT2D eigenvalue weighted by Crippen LogP contribution is 2.38. The van der Waals surface area contributed by atoms with Gasteiger partial charge in [0.2, 0.25) is 0 Å². The van der Waals surface area contributed by atoms with Crippen molar-refractivity contribution in [3.05, 3.63) is 131 Å². The number of aryl methyl sites for hydroxylation is 2. The van der Waals surface area contributed by atoms with Crippen molar-refractivity contribution >= 4 is 21.8 Å². The zero-order chi connectivity index (χ0) is 35.9. The van der Waals surface area contributed by atoms with Crippen LogP contribution in [-0.4, -0.2) is 19.3 Å². The third-order valence-corrected chi connectivity index (χ3v) is 10.3. The van der Waals surface area contributed by atoms with Gasteiger partial charge >= 0.3 is 0 Å². The fourth-order valence-corrected chi connectivity index (χ4v) is 7.47. The van der Waals surface area contributed by atoms with Gasteiger partial charge in [0, 0.05) is 40.4 Å². The molecule has 0 aliphatic carbocycles. The number of pyridine rings is 1. The van der Waals surface area contributed by atoms with Crippen molar-refractivity contribution in [1.29, 1.82) is 0 Å². The first-order valence-electron chi connectivity index (χ1n) is 18.5. The minimum Gasteiger partial charge on any atom is -0.457 e. The van der Waals surface area contributed by atoms with Crippen LogP contribution in [0.2, 0.25) is 0 Å². The summed E-state index contributed by atoms with van der Waals surface area (Å²) < 4.78 is 11.0. The normalized spacial score (nSPS) is 12.5. The number of rotatable bonds is 10. The van der Waals surface area contributed by atoms with Crippen molar-refractivity contribution in [1.82, 2.24) is 19.3 Å². The van der Waals surface area contributed by atoms with Crippen LogP contribution in [0.15, 0.2) is 103 Å². The first kappa shape index (κ1) is 34.3. The van der Waals surface area contributed by atoms with Crippen LogP contribution in [0.25, 0.3) is 44.4 Å². The lowest BCUT2D eigenvalue weighted by Crippen LogP contribution is -2.12. The van der Waals surface area contributed by atoms with Gasteiger partial charge in [-0.05, 0) is 109 Å². The van der Waals surface area contributed by atoms with Gasteiger partial charge in [-0.3, -0.25) is 4.57 Å². The number of fused-ring (bicyclic) bond motifs is 3. The van der Waals surface area contributed by atoms with Gasteiger partial charge in [0.05, 0.1) is 22.4 Å². The fourth-order valence-electron chi connectivity index (χ4n) is 7.47. The highest BCUT2D eigenvalue weighted by atomic mass is 16.5. The van der Waals surface area contributed by atoms with Crippen LogP contribution in [0, 0.1) is 20.8 Å². The smallest absolute Gasteiger partial charge is 0.137 e. The molecule has 7 rings (SSSR count). The van der Waals surface area contributed by atoms with Gasteiger partial charge in [-0.1, -0.05) is 90.3 Å². The maximum atomic E-state index is 6.70. The SMILES string of the molecule is CCCCCC(C)c1ccc2c(c1)c1ccc(Oc3cc(C)cc(-n4nc(C)c(-c5ccccc5)c4C)c3)cc1n2-c1cc(C(C)(C)C)ccn1. The van der Waals surface area contributed by atoms with Gasteiger partial charge in [-0.25, -0.2) is 9.67 Å². The van der Waals surface area contributed by atoms with Crippen molar-refractivity contribution in [2.45, 2.75) is 92.4 Å².